The fraction of sp³-hybridized carbons (Fsp3) is 0.905. The van der Waals surface area contributed by atoms with Crippen LogP contribution in [0.2, 0.25) is 0 Å². The Kier molecular flexibility index (Phi) is 16.1. The fourth-order valence-corrected chi connectivity index (χ4v) is 3.20. The number of unbranched alkanes of at least 4 members (excludes halogenated alkanes) is 5. The molecule has 0 amide bonds. The SMILES string of the molecule is CCCCCCCC(=O)OC[C@H](COP(=O)(O)OCC[N+](C)(C)C)OC(=O)CCCC. The zero-order valence-electron chi connectivity index (χ0n) is 20.0. The number of carbonyl (C=O) groups excluding carboxylic acids is 2. The smallest absolute Gasteiger partial charge is 0.462 e. The Morgan fingerprint density at radius 2 is 1.48 bits per heavy atom. The van der Waals surface area contributed by atoms with Crippen molar-refractivity contribution in [3.63, 3.8) is 0 Å². The van der Waals surface area contributed by atoms with Crippen LogP contribution in [-0.4, -0.2) is 74.9 Å². The molecule has 0 radical (unpaired) electrons. The minimum Gasteiger partial charge on any atom is -0.462 e. The van der Waals surface area contributed by atoms with Gasteiger partial charge in [-0.15, -0.1) is 0 Å². The highest BCUT2D eigenvalue weighted by Gasteiger charge is 2.26. The van der Waals surface area contributed by atoms with Crippen LogP contribution in [0.15, 0.2) is 0 Å². The molecule has 0 aliphatic heterocycles. The fourth-order valence-electron chi connectivity index (χ4n) is 2.46. The van der Waals surface area contributed by atoms with E-state index in [1.165, 1.54) is 0 Å². The van der Waals surface area contributed by atoms with Gasteiger partial charge in [-0.3, -0.25) is 18.6 Å². The Morgan fingerprint density at radius 1 is 0.871 bits per heavy atom. The molecular formula is C21H43NO8P+. The number of likely N-dealkylation sites (N-methyl/N-ethyl adjacent to an activating group) is 1. The first kappa shape index (κ1) is 30.0. The summed E-state index contributed by atoms with van der Waals surface area (Å²) in [4.78, 5) is 33.7. The van der Waals surface area contributed by atoms with E-state index >= 15 is 0 Å². The summed E-state index contributed by atoms with van der Waals surface area (Å²) in [6.07, 6.45) is 6.06. The maximum Gasteiger partial charge on any atom is 0.472 e. The van der Waals surface area contributed by atoms with Crippen LogP contribution in [-0.2, 0) is 32.7 Å². The largest absolute Gasteiger partial charge is 0.472 e. The summed E-state index contributed by atoms with van der Waals surface area (Å²) in [5, 5.41) is 0. The average Bonchev–Trinajstić information content (AvgIpc) is 2.67. The van der Waals surface area contributed by atoms with Crippen LogP contribution >= 0.6 is 7.82 Å². The third-order valence-electron chi connectivity index (χ3n) is 4.39. The number of hydrogen-bond donors (Lipinski definition) is 1. The van der Waals surface area contributed by atoms with Gasteiger partial charge in [0.15, 0.2) is 6.10 Å². The molecule has 0 bridgehead atoms. The van der Waals surface area contributed by atoms with Crippen molar-refractivity contribution in [2.45, 2.75) is 77.7 Å². The van der Waals surface area contributed by atoms with Gasteiger partial charge in [-0.2, -0.15) is 0 Å². The van der Waals surface area contributed by atoms with Gasteiger partial charge >= 0.3 is 19.8 Å². The molecule has 0 aliphatic rings. The van der Waals surface area contributed by atoms with Crippen LogP contribution in [0, 0.1) is 0 Å². The molecular weight excluding hydrogens is 425 g/mol. The molecule has 1 unspecified atom stereocenters. The molecule has 0 saturated heterocycles. The highest BCUT2D eigenvalue weighted by molar-refractivity contribution is 7.47. The summed E-state index contributed by atoms with van der Waals surface area (Å²) in [6.45, 7) is 3.99. The first-order valence-corrected chi connectivity index (χ1v) is 12.8. The molecule has 0 aromatic rings. The molecule has 2 atom stereocenters. The Hall–Kier alpha value is -0.990. The Labute approximate surface area is 187 Å². The lowest BCUT2D eigenvalue weighted by Crippen LogP contribution is -2.37. The van der Waals surface area contributed by atoms with E-state index in [4.69, 9.17) is 18.5 Å². The molecule has 0 aliphatic carbocycles. The van der Waals surface area contributed by atoms with Gasteiger partial charge in [0.2, 0.25) is 0 Å². The van der Waals surface area contributed by atoms with Crippen molar-refractivity contribution < 1.29 is 42.1 Å². The predicted octanol–water partition coefficient (Wildman–Crippen LogP) is 3.83. The number of carbonyl (C=O) groups is 2. The number of rotatable bonds is 19. The van der Waals surface area contributed by atoms with Gasteiger partial charge < -0.3 is 18.9 Å². The molecule has 0 aromatic carbocycles. The van der Waals surface area contributed by atoms with Crippen LogP contribution in [0.3, 0.4) is 0 Å². The monoisotopic (exact) mass is 468 g/mol. The van der Waals surface area contributed by atoms with E-state index in [-0.39, 0.29) is 26.1 Å². The van der Waals surface area contributed by atoms with E-state index in [0.29, 0.717) is 17.4 Å². The first-order chi connectivity index (χ1) is 14.5. The first-order valence-electron chi connectivity index (χ1n) is 11.3. The molecule has 0 heterocycles. The lowest BCUT2D eigenvalue weighted by Gasteiger charge is -2.24. The molecule has 0 fully saturated rings. The van der Waals surface area contributed by atoms with Crippen molar-refractivity contribution >= 4 is 19.8 Å². The van der Waals surface area contributed by atoms with Crippen molar-refractivity contribution in [2.24, 2.45) is 0 Å². The lowest BCUT2D eigenvalue weighted by atomic mass is 10.1. The summed E-state index contributed by atoms with van der Waals surface area (Å²) in [6, 6.07) is 0. The second-order valence-electron chi connectivity index (χ2n) is 8.67. The van der Waals surface area contributed by atoms with Gasteiger partial charge in [-0.25, -0.2) is 4.57 Å². The van der Waals surface area contributed by atoms with E-state index in [9.17, 15) is 19.0 Å². The van der Waals surface area contributed by atoms with Gasteiger partial charge in [-0.1, -0.05) is 46.0 Å². The van der Waals surface area contributed by atoms with Crippen molar-refractivity contribution in [1.29, 1.82) is 0 Å². The Bertz CT molecular complexity index is 550. The van der Waals surface area contributed by atoms with E-state index < -0.39 is 32.5 Å². The van der Waals surface area contributed by atoms with Gasteiger partial charge in [0.05, 0.1) is 27.7 Å². The molecule has 0 aromatic heterocycles. The highest BCUT2D eigenvalue weighted by Crippen LogP contribution is 2.43. The zero-order valence-corrected chi connectivity index (χ0v) is 20.9. The summed E-state index contributed by atoms with van der Waals surface area (Å²) in [5.41, 5.74) is 0. The normalized spacial score (nSPS) is 14.6. The van der Waals surface area contributed by atoms with Crippen LogP contribution < -0.4 is 0 Å². The number of phosphoric ester groups is 1. The Balaban J connectivity index is 4.56. The van der Waals surface area contributed by atoms with Crippen LogP contribution in [0.25, 0.3) is 0 Å². The third-order valence-corrected chi connectivity index (χ3v) is 5.37. The summed E-state index contributed by atoms with van der Waals surface area (Å²) < 4.78 is 33.1. The molecule has 0 spiro atoms. The number of hydrogen-bond acceptors (Lipinski definition) is 7. The number of esters is 2. The van der Waals surface area contributed by atoms with Crippen molar-refractivity contribution in [3.8, 4) is 0 Å². The average molecular weight is 469 g/mol. The second-order valence-corrected chi connectivity index (χ2v) is 10.1. The summed E-state index contributed by atoms with van der Waals surface area (Å²) >= 11 is 0. The van der Waals surface area contributed by atoms with Gasteiger partial charge in [0, 0.05) is 12.8 Å². The minimum absolute atomic E-state index is 0.0330. The molecule has 1 N–H and O–H groups in total. The van der Waals surface area contributed by atoms with E-state index in [1.54, 1.807) is 0 Å². The van der Waals surface area contributed by atoms with Crippen LogP contribution in [0.4, 0.5) is 0 Å². The van der Waals surface area contributed by atoms with Crippen molar-refractivity contribution in [1.82, 2.24) is 0 Å². The van der Waals surface area contributed by atoms with Crippen molar-refractivity contribution in [2.75, 3.05) is 47.5 Å². The predicted molar refractivity (Wildman–Crippen MR) is 118 cm³/mol. The van der Waals surface area contributed by atoms with E-state index in [2.05, 4.69) is 6.92 Å². The molecule has 0 rings (SSSR count). The third kappa shape index (κ3) is 19.4. The molecule has 31 heavy (non-hydrogen) atoms. The van der Waals surface area contributed by atoms with Crippen molar-refractivity contribution in [3.05, 3.63) is 0 Å². The standard InChI is InChI=1S/C21H42NO8P/c1-6-8-10-11-12-14-20(23)27-17-19(30-21(24)13-9-7-2)18-29-31(25,26)28-16-15-22(3,4)5/h19H,6-18H2,1-5H3/p+1/t19-/m1/s1. The highest BCUT2D eigenvalue weighted by atomic mass is 31.2. The quantitative estimate of drug-likeness (QED) is 0.132. The molecule has 9 nitrogen and oxygen atoms in total. The van der Waals surface area contributed by atoms with Crippen LogP contribution in [0.5, 0.6) is 0 Å². The maximum absolute atomic E-state index is 12.1. The number of phosphoric acid groups is 1. The zero-order chi connectivity index (χ0) is 23.8. The second kappa shape index (κ2) is 16.6. The molecule has 0 saturated carbocycles. The number of nitrogens with zero attached hydrogens (tertiary/aromatic N) is 1. The summed E-state index contributed by atoms with van der Waals surface area (Å²) in [7, 11) is 1.47. The molecule has 10 heteroatoms. The number of ether oxygens (including phenoxy) is 2. The molecule has 184 valence electrons. The Morgan fingerprint density at radius 3 is 2.10 bits per heavy atom. The lowest BCUT2D eigenvalue weighted by molar-refractivity contribution is -0.870. The van der Waals surface area contributed by atoms with Gasteiger partial charge in [-0.05, 0) is 12.8 Å². The van der Waals surface area contributed by atoms with Gasteiger partial charge in [0.25, 0.3) is 0 Å². The van der Waals surface area contributed by atoms with E-state index in [1.807, 2.05) is 28.1 Å². The topological polar surface area (TPSA) is 108 Å². The van der Waals surface area contributed by atoms with E-state index in [0.717, 1.165) is 38.5 Å². The minimum atomic E-state index is -4.31. The van der Waals surface area contributed by atoms with Gasteiger partial charge in [0.1, 0.15) is 19.8 Å². The number of quaternary nitrogens is 1. The maximum atomic E-state index is 12.1. The van der Waals surface area contributed by atoms with Crippen LogP contribution in [0.1, 0.15) is 71.6 Å². The summed E-state index contributed by atoms with van der Waals surface area (Å²) in [5.74, 6) is -0.859.